The van der Waals surface area contributed by atoms with Crippen molar-refractivity contribution in [3.8, 4) is 0 Å². The molecule has 0 spiro atoms. The molecular formula is C13H16N6OS. The van der Waals surface area contributed by atoms with Crippen LogP contribution in [0.1, 0.15) is 53.0 Å². The first-order valence-corrected chi connectivity index (χ1v) is 7.92. The summed E-state index contributed by atoms with van der Waals surface area (Å²) in [6, 6.07) is -0.0745. The summed E-state index contributed by atoms with van der Waals surface area (Å²) in [6.45, 7) is 3.33. The number of thiazole rings is 1. The van der Waals surface area contributed by atoms with Gasteiger partial charge in [0.15, 0.2) is 11.0 Å². The maximum Gasteiger partial charge on any atom is 0.266 e. The molecule has 0 radical (unpaired) electrons. The van der Waals surface area contributed by atoms with Crippen LogP contribution < -0.4 is 5.73 Å². The number of nitrogen functional groups attached to an aromatic ring is 1. The van der Waals surface area contributed by atoms with E-state index in [4.69, 9.17) is 5.73 Å². The number of aromatic nitrogens is 4. The molecule has 4 rings (SSSR count). The van der Waals surface area contributed by atoms with Crippen molar-refractivity contribution >= 4 is 22.4 Å². The molecule has 2 aliphatic rings. The largest absolute Gasteiger partial charge is 0.375 e. The normalized spacial score (nSPS) is 21.4. The second kappa shape index (κ2) is 4.52. The highest BCUT2D eigenvalue weighted by Crippen LogP contribution is 2.39. The van der Waals surface area contributed by atoms with Crippen LogP contribution >= 0.6 is 11.3 Å². The van der Waals surface area contributed by atoms with Gasteiger partial charge in [0.05, 0.1) is 18.8 Å². The number of hydrogen-bond acceptors (Lipinski definition) is 6. The molecule has 2 N–H and O–H groups in total. The first-order valence-electron chi connectivity index (χ1n) is 7.10. The van der Waals surface area contributed by atoms with Crippen LogP contribution in [0.5, 0.6) is 0 Å². The number of carbonyl (C=O) groups excluding carboxylic acids is 1. The highest BCUT2D eigenvalue weighted by molar-refractivity contribution is 7.17. The van der Waals surface area contributed by atoms with Crippen LogP contribution in [0.15, 0.2) is 6.20 Å². The number of carbonyl (C=O) groups is 1. The Morgan fingerprint density at radius 2 is 2.24 bits per heavy atom. The Morgan fingerprint density at radius 1 is 1.43 bits per heavy atom. The van der Waals surface area contributed by atoms with E-state index in [-0.39, 0.29) is 11.9 Å². The summed E-state index contributed by atoms with van der Waals surface area (Å²) in [6.07, 6.45) is 3.91. The predicted octanol–water partition coefficient (Wildman–Crippen LogP) is 1.41. The summed E-state index contributed by atoms with van der Waals surface area (Å²) in [5.41, 5.74) is 5.61. The first-order chi connectivity index (χ1) is 10.1. The molecule has 0 bridgehead atoms. The SMILES string of the molecule is C[C@@H]1c2nc(C3CC3)nn2CCN1C(=O)c1cnc(N)s1. The average molecular weight is 304 g/mol. The van der Waals surface area contributed by atoms with Crippen molar-refractivity contribution in [2.24, 2.45) is 0 Å². The minimum absolute atomic E-state index is 0.0288. The molecule has 21 heavy (non-hydrogen) atoms. The number of nitrogens with zero attached hydrogens (tertiary/aromatic N) is 5. The number of nitrogens with two attached hydrogens (primary N) is 1. The molecule has 1 aliphatic heterocycles. The minimum Gasteiger partial charge on any atom is -0.375 e. The van der Waals surface area contributed by atoms with Gasteiger partial charge < -0.3 is 10.6 Å². The van der Waals surface area contributed by atoms with Crippen molar-refractivity contribution in [3.63, 3.8) is 0 Å². The van der Waals surface area contributed by atoms with Crippen molar-refractivity contribution in [3.05, 3.63) is 22.7 Å². The van der Waals surface area contributed by atoms with Gasteiger partial charge in [-0.3, -0.25) is 4.79 Å². The summed E-state index contributed by atoms with van der Waals surface area (Å²) in [5, 5.41) is 4.99. The Hall–Kier alpha value is -1.96. The van der Waals surface area contributed by atoms with Gasteiger partial charge in [0.1, 0.15) is 10.7 Å². The zero-order valence-electron chi connectivity index (χ0n) is 11.7. The molecule has 1 amide bonds. The minimum atomic E-state index is -0.0745. The van der Waals surface area contributed by atoms with Crippen molar-refractivity contribution in [2.75, 3.05) is 12.3 Å². The van der Waals surface area contributed by atoms with Gasteiger partial charge in [0.2, 0.25) is 0 Å². The van der Waals surface area contributed by atoms with Crippen LogP contribution in [0.2, 0.25) is 0 Å². The number of fused-ring (bicyclic) bond motifs is 1. The van der Waals surface area contributed by atoms with Gasteiger partial charge in [0.25, 0.3) is 5.91 Å². The summed E-state index contributed by atoms with van der Waals surface area (Å²) in [7, 11) is 0. The van der Waals surface area contributed by atoms with E-state index >= 15 is 0 Å². The Balaban J connectivity index is 1.61. The molecule has 1 aliphatic carbocycles. The summed E-state index contributed by atoms with van der Waals surface area (Å²) < 4.78 is 1.95. The van der Waals surface area contributed by atoms with E-state index in [1.807, 2.05) is 16.5 Å². The molecule has 0 aromatic carbocycles. The lowest BCUT2D eigenvalue weighted by molar-refractivity contribution is 0.0635. The van der Waals surface area contributed by atoms with Crippen LogP contribution in [0.4, 0.5) is 5.13 Å². The predicted molar refractivity (Wildman–Crippen MR) is 78.0 cm³/mol. The quantitative estimate of drug-likeness (QED) is 0.906. The standard InChI is InChI=1S/C13H16N6OS/c1-7-11-16-10(8-2-3-8)17-19(11)5-4-18(7)12(20)9-6-15-13(14)21-9/h6-8H,2-5H2,1H3,(H2,14,15)/t7-/m1/s1. The van der Waals surface area contributed by atoms with Gasteiger partial charge in [-0.2, -0.15) is 5.10 Å². The fourth-order valence-electron chi connectivity index (χ4n) is 2.70. The lowest BCUT2D eigenvalue weighted by Gasteiger charge is -2.32. The summed E-state index contributed by atoms with van der Waals surface area (Å²) in [4.78, 5) is 23.6. The molecule has 2 aromatic heterocycles. The Morgan fingerprint density at radius 3 is 2.90 bits per heavy atom. The van der Waals surface area contributed by atoms with E-state index in [0.717, 1.165) is 11.6 Å². The van der Waals surface area contributed by atoms with Crippen molar-refractivity contribution in [1.29, 1.82) is 0 Å². The van der Waals surface area contributed by atoms with E-state index in [1.165, 1.54) is 24.2 Å². The highest BCUT2D eigenvalue weighted by Gasteiger charge is 2.35. The molecular weight excluding hydrogens is 288 g/mol. The van der Waals surface area contributed by atoms with E-state index in [2.05, 4.69) is 15.1 Å². The molecule has 3 heterocycles. The van der Waals surface area contributed by atoms with Crippen LogP contribution in [-0.4, -0.2) is 37.1 Å². The smallest absolute Gasteiger partial charge is 0.266 e. The van der Waals surface area contributed by atoms with Crippen LogP contribution in [0.25, 0.3) is 0 Å². The van der Waals surface area contributed by atoms with Gasteiger partial charge in [-0.1, -0.05) is 11.3 Å². The first kappa shape index (κ1) is 12.8. The maximum atomic E-state index is 12.6. The molecule has 7 nitrogen and oxygen atoms in total. The van der Waals surface area contributed by atoms with Gasteiger partial charge in [-0.25, -0.2) is 14.6 Å². The third-order valence-electron chi connectivity index (χ3n) is 4.05. The van der Waals surface area contributed by atoms with Gasteiger partial charge in [-0.05, 0) is 19.8 Å². The van der Waals surface area contributed by atoms with Gasteiger partial charge >= 0.3 is 0 Å². The number of amides is 1. The van der Waals surface area contributed by atoms with E-state index in [1.54, 1.807) is 6.20 Å². The van der Waals surface area contributed by atoms with Crippen molar-refractivity contribution in [2.45, 2.75) is 38.3 Å². The molecule has 110 valence electrons. The Kier molecular flexibility index (Phi) is 2.75. The van der Waals surface area contributed by atoms with Gasteiger partial charge in [-0.15, -0.1) is 0 Å². The lowest BCUT2D eigenvalue weighted by atomic mass is 10.2. The Labute approximate surface area is 125 Å². The highest BCUT2D eigenvalue weighted by atomic mass is 32.1. The molecule has 1 fully saturated rings. The van der Waals surface area contributed by atoms with E-state index in [9.17, 15) is 4.79 Å². The monoisotopic (exact) mass is 304 g/mol. The second-order valence-corrected chi connectivity index (χ2v) is 6.63. The Bertz CT molecular complexity index is 703. The lowest BCUT2D eigenvalue weighted by Crippen LogP contribution is -2.41. The van der Waals surface area contributed by atoms with Crippen LogP contribution in [0.3, 0.4) is 0 Å². The van der Waals surface area contributed by atoms with E-state index in [0.29, 0.717) is 29.0 Å². The zero-order chi connectivity index (χ0) is 14.6. The molecule has 8 heteroatoms. The molecule has 1 saturated carbocycles. The zero-order valence-corrected chi connectivity index (χ0v) is 12.5. The number of rotatable bonds is 2. The second-order valence-electron chi connectivity index (χ2n) is 5.56. The summed E-state index contributed by atoms with van der Waals surface area (Å²) >= 11 is 1.23. The van der Waals surface area contributed by atoms with Gasteiger partial charge in [0, 0.05) is 12.5 Å². The van der Waals surface area contributed by atoms with Crippen molar-refractivity contribution in [1.82, 2.24) is 24.6 Å². The number of anilines is 1. The third kappa shape index (κ3) is 2.10. The number of hydrogen-bond donors (Lipinski definition) is 1. The molecule has 1 atom stereocenters. The fraction of sp³-hybridized carbons (Fsp3) is 0.538. The topological polar surface area (TPSA) is 89.9 Å². The fourth-order valence-corrected chi connectivity index (χ4v) is 3.34. The summed E-state index contributed by atoms with van der Waals surface area (Å²) in [5.74, 6) is 2.32. The maximum absolute atomic E-state index is 12.6. The average Bonchev–Trinajstić information content (AvgIpc) is 3.08. The molecule has 0 saturated heterocycles. The van der Waals surface area contributed by atoms with E-state index < -0.39 is 0 Å². The van der Waals surface area contributed by atoms with Crippen molar-refractivity contribution < 1.29 is 4.79 Å². The molecule has 2 aromatic rings. The third-order valence-corrected chi connectivity index (χ3v) is 4.86. The van der Waals surface area contributed by atoms with Crippen LogP contribution in [0, 0.1) is 0 Å². The van der Waals surface area contributed by atoms with Crippen LogP contribution in [-0.2, 0) is 6.54 Å². The molecule has 0 unspecified atom stereocenters.